The Balaban J connectivity index is 2.47. The van der Waals surface area contributed by atoms with Crippen molar-refractivity contribution in [3.8, 4) is 0 Å². The molecule has 1 aliphatic rings. The lowest BCUT2D eigenvalue weighted by Crippen LogP contribution is -2.45. The van der Waals surface area contributed by atoms with Gasteiger partial charge in [-0.05, 0) is 34.6 Å². The van der Waals surface area contributed by atoms with Crippen LogP contribution in [0.15, 0.2) is 34.8 Å². The molecule has 3 N–H and O–H groups in total. The van der Waals surface area contributed by atoms with Crippen LogP contribution in [0.2, 0.25) is 0 Å². The molecular formula is C12H20BrN3O. The fourth-order valence-corrected chi connectivity index (χ4v) is 1.84. The van der Waals surface area contributed by atoms with Crippen LogP contribution in [0.1, 0.15) is 6.92 Å². The zero-order chi connectivity index (χ0) is 12.8. The van der Waals surface area contributed by atoms with E-state index in [4.69, 9.17) is 5.73 Å². The summed E-state index contributed by atoms with van der Waals surface area (Å²) in [5, 5.41) is 9.41. The molecule has 1 saturated heterocycles. The fraction of sp³-hybridized carbons (Fsp3) is 0.500. The van der Waals surface area contributed by atoms with Gasteiger partial charge in [0.25, 0.3) is 0 Å². The molecule has 0 aromatic heterocycles. The molecule has 96 valence electrons. The summed E-state index contributed by atoms with van der Waals surface area (Å²) >= 11 is 3.01. The van der Waals surface area contributed by atoms with Crippen molar-refractivity contribution in [1.29, 1.82) is 0 Å². The summed E-state index contributed by atoms with van der Waals surface area (Å²) in [6.07, 6.45) is 3.34. The molecular weight excluding hydrogens is 282 g/mol. The van der Waals surface area contributed by atoms with E-state index in [1.54, 1.807) is 12.2 Å². The predicted octanol–water partition coefficient (Wildman–Crippen LogP) is 1.77. The number of rotatable bonds is 4. The Hall–Kier alpha value is -0.940. The summed E-state index contributed by atoms with van der Waals surface area (Å²) in [6.45, 7) is 11.3. The minimum absolute atomic E-state index is 0.0262. The Morgan fingerprint density at radius 2 is 1.94 bits per heavy atom. The highest BCUT2D eigenvalue weighted by atomic mass is 79.9. The molecule has 0 aromatic carbocycles. The SMILES string of the molecule is C=C(/C=C\C(O)=C(/N)Br)N1CCN(CC)CC1. The largest absolute Gasteiger partial charge is 0.505 e. The smallest absolute Gasteiger partial charge is 0.145 e. The first-order chi connectivity index (χ1) is 8.04. The lowest BCUT2D eigenvalue weighted by molar-refractivity contribution is 0.169. The van der Waals surface area contributed by atoms with Crippen LogP contribution in [0.4, 0.5) is 0 Å². The Bertz CT molecular complexity index is 327. The number of hydrogen-bond acceptors (Lipinski definition) is 4. The van der Waals surface area contributed by atoms with Gasteiger partial charge in [0.2, 0.25) is 0 Å². The molecule has 0 bridgehead atoms. The van der Waals surface area contributed by atoms with Crippen molar-refractivity contribution in [3.05, 3.63) is 34.8 Å². The van der Waals surface area contributed by atoms with E-state index >= 15 is 0 Å². The monoisotopic (exact) mass is 301 g/mol. The molecule has 0 unspecified atom stereocenters. The molecule has 1 fully saturated rings. The van der Waals surface area contributed by atoms with Crippen molar-refractivity contribution < 1.29 is 5.11 Å². The van der Waals surface area contributed by atoms with E-state index in [-0.39, 0.29) is 10.4 Å². The van der Waals surface area contributed by atoms with E-state index in [1.165, 1.54) is 0 Å². The number of piperazine rings is 1. The first kappa shape index (κ1) is 14.1. The van der Waals surface area contributed by atoms with Gasteiger partial charge in [-0.1, -0.05) is 13.5 Å². The Morgan fingerprint density at radius 3 is 2.41 bits per heavy atom. The lowest BCUT2D eigenvalue weighted by Gasteiger charge is -2.35. The summed E-state index contributed by atoms with van der Waals surface area (Å²) < 4.78 is 0.234. The highest BCUT2D eigenvalue weighted by molar-refractivity contribution is 9.11. The van der Waals surface area contributed by atoms with E-state index in [0.29, 0.717) is 0 Å². The summed E-state index contributed by atoms with van der Waals surface area (Å²) in [7, 11) is 0. The summed E-state index contributed by atoms with van der Waals surface area (Å²) in [5.74, 6) is 0.0262. The van der Waals surface area contributed by atoms with E-state index in [9.17, 15) is 5.11 Å². The Labute approximate surface area is 111 Å². The van der Waals surface area contributed by atoms with E-state index in [1.807, 2.05) is 0 Å². The third kappa shape index (κ3) is 4.44. The van der Waals surface area contributed by atoms with E-state index < -0.39 is 0 Å². The molecule has 1 heterocycles. The van der Waals surface area contributed by atoms with Gasteiger partial charge in [0.15, 0.2) is 0 Å². The van der Waals surface area contributed by atoms with Crippen LogP contribution in [0.5, 0.6) is 0 Å². The molecule has 0 aromatic rings. The van der Waals surface area contributed by atoms with Crippen molar-refractivity contribution in [2.75, 3.05) is 32.7 Å². The first-order valence-electron chi connectivity index (χ1n) is 5.73. The average molecular weight is 302 g/mol. The second-order valence-electron chi connectivity index (χ2n) is 3.98. The summed E-state index contributed by atoms with van der Waals surface area (Å²) in [6, 6.07) is 0. The van der Waals surface area contributed by atoms with Gasteiger partial charge < -0.3 is 20.6 Å². The van der Waals surface area contributed by atoms with Crippen molar-refractivity contribution in [3.63, 3.8) is 0 Å². The third-order valence-electron chi connectivity index (χ3n) is 2.90. The van der Waals surface area contributed by atoms with Gasteiger partial charge in [-0.15, -0.1) is 0 Å². The number of nitrogens with zero attached hydrogens (tertiary/aromatic N) is 2. The molecule has 4 nitrogen and oxygen atoms in total. The number of halogens is 1. The van der Waals surface area contributed by atoms with Gasteiger partial charge in [-0.2, -0.15) is 0 Å². The molecule has 0 spiro atoms. The zero-order valence-electron chi connectivity index (χ0n) is 10.2. The standard InChI is InChI=1S/C12H20BrN3O/c1-3-15-6-8-16(9-7-15)10(2)4-5-11(17)12(13)14/h4-5,17H,2-3,6-9,14H2,1H3/b5-4-,12-11+. The molecule has 17 heavy (non-hydrogen) atoms. The van der Waals surface area contributed by atoms with Crippen LogP contribution in [0.25, 0.3) is 0 Å². The molecule has 1 rings (SSSR count). The van der Waals surface area contributed by atoms with Gasteiger partial charge in [0.05, 0.1) is 0 Å². The van der Waals surface area contributed by atoms with Crippen LogP contribution in [0, 0.1) is 0 Å². The number of aliphatic hydroxyl groups excluding tert-OH is 1. The summed E-state index contributed by atoms with van der Waals surface area (Å²) in [4.78, 5) is 4.61. The molecule has 0 amide bonds. The van der Waals surface area contributed by atoms with Gasteiger partial charge in [-0.3, -0.25) is 0 Å². The molecule has 0 saturated carbocycles. The Kier molecular flexibility index (Phi) is 5.58. The highest BCUT2D eigenvalue weighted by Crippen LogP contribution is 2.11. The summed E-state index contributed by atoms with van der Waals surface area (Å²) in [5.41, 5.74) is 6.29. The minimum Gasteiger partial charge on any atom is -0.505 e. The normalized spacial score (nSPS) is 19.5. The van der Waals surface area contributed by atoms with Crippen LogP contribution in [-0.4, -0.2) is 47.6 Å². The van der Waals surface area contributed by atoms with Crippen LogP contribution >= 0.6 is 15.9 Å². The maximum atomic E-state index is 9.41. The van der Waals surface area contributed by atoms with Gasteiger partial charge in [0, 0.05) is 31.9 Å². The number of likely N-dealkylation sites (N-methyl/N-ethyl adjacent to an activating group) is 1. The maximum Gasteiger partial charge on any atom is 0.145 e. The van der Waals surface area contributed by atoms with Crippen molar-refractivity contribution in [1.82, 2.24) is 9.80 Å². The molecule has 0 aliphatic carbocycles. The predicted molar refractivity (Wildman–Crippen MR) is 74.7 cm³/mol. The number of hydrogen-bond donors (Lipinski definition) is 2. The highest BCUT2D eigenvalue weighted by Gasteiger charge is 2.15. The van der Waals surface area contributed by atoms with E-state index in [0.717, 1.165) is 38.4 Å². The molecule has 5 heteroatoms. The van der Waals surface area contributed by atoms with Gasteiger partial charge >= 0.3 is 0 Å². The topological polar surface area (TPSA) is 52.7 Å². The maximum absolute atomic E-state index is 9.41. The van der Waals surface area contributed by atoms with Gasteiger partial charge in [0.1, 0.15) is 10.4 Å². The average Bonchev–Trinajstić information content (AvgIpc) is 2.35. The quantitative estimate of drug-likeness (QED) is 0.472. The lowest BCUT2D eigenvalue weighted by atomic mass is 10.2. The van der Waals surface area contributed by atoms with Gasteiger partial charge in [-0.25, -0.2) is 0 Å². The third-order valence-corrected chi connectivity index (χ3v) is 3.31. The fourth-order valence-electron chi connectivity index (χ4n) is 1.71. The minimum atomic E-state index is 0.0262. The van der Waals surface area contributed by atoms with Crippen LogP contribution < -0.4 is 5.73 Å². The number of aliphatic hydroxyl groups is 1. The Morgan fingerprint density at radius 1 is 1.35 bits per heavy atom. The van der Waals surface area contributed by atoms with Crippen molar-refractivity contribution in [2.24, 2.45) is 5.73 Å². The second kappa shape index (κ2) is 6.71. The van der Waals surface area contributed by atoms with Crippen molar-refractivity contribution >= 4 is 15.9 Å². The van der Waals surface area contributed by atoms with Crippen molar-refractivity contribution in [2.45, 2.75) is 6.92 Å². The zero-order valence-corrected chi connectivity index (χ0v) is 11.8. The van der Waals surface area contributed by atoms with Crippen LogP contribution in [0.3, 0.4) is 0 Å². The first-order valence-corrected chi connectivity index (χ1v) is 6.52. The molecule has 0 atom stereocenters. The second-order valence-corrected chi connectivity index (χ2v) is 4.83. The van der Waals surface area contributed by atoms with Crippen LogP contribution in [-0.2, 0) is 0 Å². The number of allylic oxidation sites excluding steroid dienone is 2. The number of nitrogens with two attached hydrogens (primary N) is 1. The molecule has 0 radical (unpaired) electrons. The van der Waals surface area contributed by atoms with E-state index in [2.05, 4.69) is 39.2 Å². The molecule has 1 aliphatic heterocycles.